The standard InChI is InChI=1S/C18H15BrN4O/c1-12-16(14-5-3-2-4-6-14)21-22-17(12)18(24)23-20-11-13-7-9-15(19)10-8-13/h2-11H,1H3,(H,21,22)(H,23,24). The summed E-state index contributed by atoms with van der Waals surface area (Å²) in [7, 11) is 0. The Kier molecular flexibility index (Phi) is 4.86. The molecular weight excluding hydrogens is 368 g/mol. The van der Waals surface area contributed by atoms with Gasteiger partial charge in [-0.3, -0.25) is 9.89 Å². The quantitative estimate of drug-likeness (QED) is 0.530. The number of benzene rings is 2. The molecule has 1 aromatic heterocycles. The van der Waals surface area contributed by atoms with E-state index >= 15 is 0 Å². The van der Waals surface area contributed by atoms with Gasteiger partial charge in [-0.2, -0.15) is 10.2 Å². The summed E-state index contributed by atoms with van der Waals surface area (Å²) in [5.74, 6) is -0.324. The zero-order valence-electron chi connectivity index (χ0n) is 13.0. The van der Waals surface area contributed by atoms with Crippen LogP contribution in [-0.2, 0) is 0 Å². The first kappa shape index (κ1) is 16.1. The maximum atomic E-state index is 12.3. The highest BCUT2D eigenvalue weighted by atomic mass is 79.9. The van der Waals surface area contributed by atoms with E-state index in [1.807, 2.05) is 61.5 Å². The van der Waals surface area contributed by atoms with Gasteiger partial charge in [0, 0.05) is 15.6 Å². The molecule has 0 fully saturated rings. The molecule has 0 saturated carbocycles. The number of H-pyrrole nitrogens is 1. The van der Waals surface area contributed by atoms with Crippen molar-refractivity contribution >= 4 is 28.1 Å². The van der Waals surface area contributed by atoms with Gasteiger partial charge in [0.1, 0.15) is 5.69 Å². The summed E-state index contributed by atoms with van der Waals surface area (Å²) in [6.45, 7) is 1.86. The number of hydrogen-bond acceptors (Lipinski definition) is 3. The van der Waals surface area contributed by atoms with E-state index in [1.165, 1.54) is 0 Å². The third-order valence-corrected chi connectivity index (χ3v) is 4.06. The molecule has 120 valence electrons. The fourth-order valence-electron chi connectivity index (χ4n) is 2.27. The molecule has 0 radical (unpaired) electrons. The SMILES string of the molecule is Cc1c(-c2ccccc2)n[nH]c1C(=O)NN=Cc1ccc(Br)cc1. The van der Waals surface area contributed by atoms with Crippen molar-refractivity contribution < 1.29 is 4.79 Å². The van der Waals surface area contributed by atoms with E-state index in [0.29, 0.717) is 5.69 Å². The number of hydrogen-bond donors (Lipinski definition) is 2. The van der Waals surface area contributed by atoms with Crippen molar-refractivity contribution in [1.82, 2.24) is 15.6 Å². The van der Waals surface area contributed by atoms with Crippen LogP contribution in [0.2, 0.25) is 0 Å². The number of carbonyl (C=O) groups is 1. The Labute approximate surface area is 147 Å². The van der Waals surface area contributed by atoms with Crippen molar-refractivity contribution in [2.75, 3.05) is 0 Å². The first-order valence-electron chi connectivity index (χ1n) is 7.34. The Balaban J connectivity index is 1.72. The van der Waals surface area contributed by atoms with Gasteiger partial charge in [-0.25, -0.2) is 5.43 Å². The third kappa shape index (κ3) is 3.60. The minimum Gasteiger partial charge on any atom is -0.272 e. The van der Waals surface area contributed by atoms with Crippen LogP contribution in [-0.4, -0.2) is 22.3 Å². The van der Waals surface area contributed by atoms with E-state index in [4.69, 9.17) is 0 Å². The zero-order chi connectivity index (χ0) is 16.9. The van der Waals surface area contributed by atoms with Crippen molar-refractivity contribution in [3.8, 4) is 11.3 Å². The molecule has 24 heavy (non-hydrogen) atoms. The van der Waals surface area contributed by atoms with E-state index in [0.717, 1.165) is 26.9 Å². The van der Waals surface area contributed by atoms with Crippen molar-refractivity contribution in [2.45, 2.75) is 6.92 Å². The molecule has 0 bridgehead atoms. The fraction of sp³-hybridized carbons (Fsp3) is 0.0556. The second kappa shape index (κ2) is 7.23. The van der Waals surface area contributed by atoms with Gasteiger partial charge in [-0.15, -0.1) is 0 Å². The molecule has 0 saturated heterocycles. The van der Waals surface area contributed by atoms with Crippen LogP contribution in [0, 0.1) is 6.92 Å². The van der Waals surface area contributed by atoms with Crippen LogP contribution in [0.3, 0.4) is 0 Å². The average molecular weight is 383 g/mol. The smallest absolute Gasteiger partial charge is 0.272 e. The molecule has 0 aliphatic heterocycles. The molecule has 3 rings (SSSR count). The number of aromatic amines is 1. The van der Waals surface area contributed by atoms with E-state index in [2.05, 4.69) is 36.7 Å². The zero-order valence-corrected chi connectivity index (χ0v) is 14.5. The van der Waals surface area contributed by atoms with Gasteiger partial charge in [0.2, 0.25) is 0 Å². The van der Waals surface area contributed by atoms with Gasteiger partial charge in [-0.05, 0) is 24.6 Å². The van der Waals surface area contributed by atoms with E-state index in [1.54, 1.807) is 6.21 Å². The molecule has 2 aromatic carbocycles. The highest BCUT2D eigenvalue weighted by Gasteiger charge is 2.16. The predicted molar refractivity (Wildman–Crippen MR) is 98.0 cm³/mol. The molecular formula is C18H15BrN4O. The van der Waals surface area contributed by atoms with Crippen LogP contribution in [0.5, 0.6) is 0 Å². The summed E-state index contributed by atoms with van der Waals surface area (Å²) in [6, 6.07) is 17.3. The summed E-state index contributed by atoms with van der Waals surface area (Å²) in [4.78, 5) is 12.3. The topological polar surface area (TPSA) is 70.1 Å². The van der Waals surface area contributed by atoms with Crippen molar-refractivity contribution in [1.29, 1.82) is 0 Å². The summed E-state index contributed by atoms with van der Waals surface area (Å²) < 4.78 is 0.991. The second-order valence-electron chi connectivity index (χ2n) is 5.19. The van der Waals surface area contributed by atoms with Crippen molar-refractivity contribution in [3.05, 3.63) is 75.9 Å². The van der Waals surface area contributed by atoms with Crippen LogP contribution in [0.1, 0.15) is 21.6 Å². The minimum atomic E-state index is -0.324. The number of nitrogens with one attached hydrogen (secondary N) is 2. The highest BCUT2D eigenvalue weighted by Crippen LogP contribution is 2.22. The largest absolute Gasteiger partial charge is 0.289 e. The average Bonchev–Trinajstić information content (AvgIpc) is 2.99. The van der Waals surface area contributed by atoms with Gasteiger partial charge >= 0.3 is 0 Å². The van der Waals surface area contributed by atoms with Gasteiger partial charge in [-0.1, -0.05) is 58.4 Å². The van der Waals surface area contributed by atoms with Crippen molar-refractivity contribution in [3.63, 3.8) is 0 Å². The number of nitrogens with zero attached hydrogens (tertiary/aromatic N) is 2. The highest BCUT2D eigenvalue weighted by molar-refractivity contribution is 9.10. The number of hydrazone groups is 1. The Bertz CT molecular complexity index is 870. The molecule has 0 atom stereocenters. The first-order valence-corrected chi connectivity index (χ1v) is 8.14. The van der Waals surface area contributed by atoms with Crippen LogP contribution >= 0.6 is 15.9 Å². The Morgan fingerprint density at radius 1 is 1.17 bits per heavy atom. The second-order valence-corrected chi connectivity index (χ2v) is 6.10. The number of rotatable bonds is 4. The third-order valence-electron chi connectivity index (χ3n) is 3.53. The summed E-state index contributed by atoms with van der Waals surface area (Å²) >= 11 is 3.37. The summed E-state index contributed by atoms with van der Waals surface area (Å²) in [5, 5.41) is 11.0. The molecule has 0 spiro atoms. The molecule has 0 unspecified atom stereocenters. The number of aromatic nitrogens is 2. The molecule has 1 heterocycles. The first-order chi connectivity index (χ1) is 11.6. The summed E-state index contributed by atoms with van der Waals surface area (Å²) in [6.07, 6.45) is 1.59. The Morgan fingerprint density at radius 3 is 2.58 bits per heavy atom. The molecule has 5 nitrogen and oxygen atoms in total. The van der Waals surface area contributed by atoms with Gasteiger partial charge in [0.25, 0.3) is 5.91 Å². The lowest BCUT2D eigenvalue weighted by Crippen LogP contribution is -2.19. The molecule has 6 heteroatoms. The van der Waals surface area contributed by atoms with E-state index < -0.39 is 0 Å². The Morgan fingerprint density at radius 2 is 1.88 bits per heavy atom. The van der Waals surface area contributed by atoms with Gasteiger partial charge in [0.05, 0.1) is 11.9 Å². The fourth-order valence-corrected chi connectivity index (χ4v) is 2.53. The molecule has 1 amide bonds. The number of halogens is 1. The van der Waals surface area contributed by atoms with E-state index in [9.17, 15) is 4.79 Å². The Hall–Kier alpha value is -2.73. The van der Waals surface area contributed by atoms with Crippen molar-refractivity contribution in [2.24, 2.45) is 5.10 Å². The molecule has 0 aliphatic carbocycles. The van der Waals surface area contributed by atoms with Crippen LogP contribution in [0.25, 0.3) is 11.3 Å². The van der Waals surface area contributed by atoms with Gasteiger partial charge in [0.15, 0.2) is 0 Å². The minimum absolute atomic E-state index is 0.324. The van der Waals surface area contributed by atoms with Crippen LogP contribution in [0.15, 0.2) is 64.2 Å². The molecule has 2 N–H and O–H groups in total. The lowest BCUT2D eigenvalue weighted by Gasteiger charge is -2.00. The molecule has 3 aromatic rings. The maximum Gasteiger partial charge on any atom is 0.289 e. The maximum absolute atomic E-state index is 12.3. The number of carbonyl (C=O) groups excluding carboxylic acids is 1. The normalized spacial score (nSPS) is 10.9. The summed E-state index contributed by atoms with van der Waals surface area (Å²) in [5.41, 5.74) is 6.33. The van der Waals surface area contributed by atoms with Crippen LogP contribution < -0.4 is 5.43 Å². The predicted octanol–water partition coefficient (Wildman–Crippen LogP) is 3.91. The molecule has 0 aliphatic rings. The monoisotopic (exact) mass is 382 g/mol. The van der Waals surface area contributed by atoms with Crippen LogP contribution in [0.4, 0.5) is 0 Å². The number of amides is 1. The lowest BCUT2D eigenvalue weighted by atomic mass is 10.1. The lowest BCUT2D eigenvalue weighted by molar-refractivity contribution is 0.0949. The van der Waals surface area contributed by atoms with E-state index in [-0.39, 0.29) is 5.91 Å². The van der Waals surface area contributed by atoms with Gasteiger partial charge < -0.3 is 0 Å².